The summed E-state index contributed by atoms with van der Waals surface area (Å²) in [6, 6.07) is 6.40. The van der Waals surface area contributed by atoms with Gasteiger partial charge in [0.25, 0.3) is 0 Å². The van der Waals surface area contributed by atoms with E-state index < -0.39 is 5.97 Å². The number of hydrogen-bond acceptors (Lipinski definition) is 3. The molecule has 5 heteroatoms. The summed E-state index contributed by atoms with van der Waals surface area (Å²) in [5, 5.41) is 8.82. The number of carbonyl (C=O) groups is 2. The lowest BCUT2D eigenvalue weighted by molar-refractivity contribution is -0.130. The van der Waals surface area contributed by atoms with Gasteiger partial charge in [-0.1, -0.05) is 12.1 Å². The third-order valence-electron chi connectivity index (χ3n) is 3.48. The Kier molecular flexibility index (Phi) is 4.74. The number of carbonyl (C=O) groups excluding carboxylic acids is 1. The minimum Gasteiger partial charge on any atom is -0.478 e. The van der Waals surface area contributed by atoms with Crippen molar-refractivity contribution in [1.82, 2.24) is 4.90 Å². The van der Waals surface area contributed by atoms with Gasteiger partial charge in [-0.15, -0.1) is 0 Å². The molecule has 0 aromatic heterocycles. The zero-order valence-electron chi connectivity index (χ0n) is 11.5. The Labute approximate surface area is 118 Å². The molecule has 1 unspecified atom stereocenters. The van der Waals surface area contributed by atoms with Crippen LogP contribution in [0.5, 0.6) is 0 Å². The lowest BCUT2D eigenvalue weighted by Gasteiger charge is -2.20. The Morgan fingerprint density at radius 3 is 2.60 bits per heavy atom. The first-order valence-electron chi connectivity index (χ1n) is 6.74. The predicted molar refractivity (Wildman–Crippen MR) is 73.7 cm³/mol. The third-order valence-corrected chi connectivity index (χ3v) is 3.48. The van der Waals surface area contributed by atoms with Gasteiger partial charge in [-0.25, -0.2) is 4.79 Å². The molecule has 0 radical (unpaired) electrons. The molecular formula is C15H19NO4. The zero-order chi connectivity index (χ0) is 14.5. The summed E-state index contributed by atoms with van der Waals surface area (Å²) in [7, 11) is 1.77. The highest BCUT2D eigenvalue weighted by Gasteiger charge is 2.20. The fraction of sp³-hybridized carbons (Fsp3) is 0.467. The largest absolute Gasteiger partial charge is 0.478 e. The highest BCUT2D eigenvalue weighted by atomic mass is 16.5. The molecule has 1 aromatic rings. The standard InChI is InChI=1S/C15H19NO4/c1-16(10-13-3-2-8-20-13)14(17)9-11-4-6-12(7-5-11)15(18)19/h4-7,13H,2-3,8-10H2,1H3,(H,18,19). The van der Waals surface area contributed by atoms with Gasteiger partial charge >= 0.3 is 5.97 Å². The van der Waals surface area contributed by atoms with E-state index in [1.54, 1.807) is 24.1 Å². The van der Waals surface area contributed by atoms with Crippen molar-refractivity contribution in [2.75, 3.05) is 20.2 Å². The van der Waals surface area contributed by atoms with E-state index in [1.165, 1.54) is 12.1 Å². The summed E-state index contributed by atoms with van der Waals surface area (Å²) in [4.78, 5) is 24.5. The average molecular weight is 277 g/mol. The molecule has 0 bridgehead atoms. The van der Waals surface area contributed by atoms with Crippen LogP contribution in [0.3, 0.4) is 0 Å². The van der Waals surface area contributed by atoms with Crippen LogP contribution < -0.4 is 0 Å². The van der Waals surface area contributed by atoms with Gasteiger partial charge in [0, 0.05) is 20.2 Å². The minimum atomic E-state index is -0.960. The average Bonchev–Trinajstić information content (AvgIpc) is 2.92. The first-order valence-corrected chi connectivity index (χ1v) is 6.74. The molecule has 1 aliphatic rings. The summed E-state index contributed by atoms with van der Waals surface area (Å²) in [6.07, 6.45) is 2.50. The van der Waals surface area contributed by atoms with E-state index in [0.717, 1.165) is 25.0 Å². The van der Waals surface area contributed by atoms with E-state index in [2.05, 4.69) is 0 Å². The molecule has 1 aromatic carbocycles. The van der Waals surface area contributed by atoms with Crippen molar-refractivity contribution < 1.29 is 19.4 Å². The second-order valence-corrected chi connectivity index (χ2v) is 5.09. The fourth-order valence-electron chi connectivity index (χ4n) is 2.27. The van der Waals surface area contributed by atoms with E-state index in [4.69, 9.17) is 9.84 Å². The molecule has 5 nitrogen and oxygen atoms in total. The summed E-state index contributed by atoms with van der Waals surface area (Å²) in [6.45, 7) is 1.40. The normalized spacial score (nSPS) is 17.9. The molecule has 1 N–H and O–H groups in total. The van der Waals surface area contributed by atoms with Crippen molar-refractivity contribution in [1.29, 1.82) is 0 Å². The first-order chi connectivity index (χ1) is 9.56. The molecule has 1 saturated heterocycles. The molecule has 2 rings (SSSR count). The summed E-state index contributed by atoms with van der Waals surface area (Å²) >= 11 is 0. The number of nitrogens with zero attached hydrogens (tertiary/aromatic N) is 1. The van der Waals surface area contributed by atoms with Crippen LogP contribution in [0.25, 0.3) is 0 Å². The van der Waals surface area contributed by atoms with Crippen molar-refractivity contribution in [2.24, 2.45) is 0 Å². The third kappa shape index (κ3) is 3.81. The van der Waals surface area contributed by atoms with Crippen LogP contribution in [-0.4, -0.2) is 48.2 Å². The van der Waals surface area contributed by atoms with Gasteiger partial charge in [0.05, 0.1) is 18.1 Å². The number of rotatable bonds is 5. The molecule has 0 spiro atoms. The highest BCUT2D eigenvalue weighted by Crippen LogP contribution is 2.13. The van der Waals surface area contributed by atoms with Crippen molar-refractivity contribution in [3.05, 3.63) is 35.4 Å². The molecule has 1 fully saturated rings. The van der Waals surface area contributed by atoms with Crippen LogP contribution >= 0.6 is 0 Å². The molecule has 1 amide bonds. The molecule has 0 aliphatic carbocycles. The maximum absolute atomic E-state index is 12.1. The van der Waals surface area contributed by atoms with Crippen molar-refractivity contribution in [3.8, 4) is 0 Å². The number of aromatic carboxylic acids is 1. The van der Waals surface area contributed by atoms with Gasteiger partial charge in [-0.2, -0.15) is 0 Å². The molecule has 0 saturated carbocycles. The van der Waals surface area contributed by atoms with Gasteiger partial charge < -0.3 is 14.7 Å². The molecule has 108 valence electrons. The van der Waals surface area contributed by atoms with E-state index in [9.17, 15) is 9.59 Å². The van der Waals surface area contributed by atoms with Crippen molar-refractivity contribution >= 4 is 11.9 Å². The molecular weight excluding hydrogens is 258 g/mol. The number of ether oxygens (including phenoxy) is 1. The summed E-state index contributed by atoms with van der Waals surface area (Å²) in [5.41, 5.74) is 1.05. The number of carboxylic acids is 1. The Bertz CT molecular complexity index is 477. The van der Waals surface area contributed by atoms with E-state index >= 15 is 0 Å². The monoisotopic (exact) mass is 277 g/mol. The molecule has 1 heterocycles. The molecule has 20 heavy (non-hydrogen) atoms. The number of hydrogen-bond donors (Lipinski definition) is 1. The second-order valence-electron chi connectivity index (χ2n) is 5.09. The van der Waals surface area contributed by atoms with E-state index in [1.807, 2.05) is 0 Å². The lowest BCUT2D eigenvalue weighted by atomic mass is 10.1. The van der Waals surface area contributed by atoms with Gasteiger partial charge in [0.15, 0.2) is 0 Å². The topological polar surface area (TPSA) is 66.8 Å². The van der Waals surface area contributed by atoms with Crippen LogP contribution in [0.1, 0.15) is 28.8 Å². The zero-order valence-corrected chi connectivity index (χ0v) is 11.5. The second kappa shape index (κ2) is 6.52. The first kappa shape index (κ1) is 14.5. The van der Waals surface area contributed by atoms with Gasteiger partial charge in [0.2, 0.25) is 5.91 Å². The molecule has 1 aliphatic heterocycles. The fourth-order valence-corrected chi connectivity index (χ4v) is 2.27. The van der Waals surface area contributed by atoms with Gasteiger partial charge in [0.1, 0.15) is 0 Å². The Morgan fingerprint density at radius 2 is 2.05 bits per heavy atom. The predicted octanol–water partition coefficient (Wildman–Crippen LogP) is 1.56. The van der Waals surface area contributed by atoms with E-state index in [-0.39, 0.29) is 24.0 Å². The number of likely N-dealkylation sites (N-methyl/N-ethyl adjacent to an activating group) is 1. The van der Waals surface area contributed by atoms with Crippen LogP contribution in [0, 0.1) is 0 Å². The maximum atomic E-state index is 12.1. The number of amides is 1. The van der Waals surface area contributed by atoms with Crippen LogP contribution in [0.15, 0.2) is 24.3 Å². The Morgan fingerprint density at radius 1 is 1.35 bits per heavy atom. The van der Waals surface area contributed by atoms with Crippen LogP contribution in [-0.2, 0) is 16.0 Å². The van der Waals surface area contributed by atoms with Crippen LogP contribution in [0.2, 0.25) is 0 Å². The van der Waals surface area contributed by atoms with Gasteiger partial charge in [-0.3, -0.25) is 4.79 Å². The summed E-state index contributed by atoms with van der Waals surface area (Å²) in [5.74, 6) is -0.943. The lowest BCUT2D eigenvalue weighted by Crippen LogP contribution is -2.35. The van der Waals surface area contributed by atoms with Crippen molar-refractivity contribution in [2.45, 2.75) is 25.4 Å². The molecule has 1 atom stereocenters. The Balaban J connectivity index is 1.87. The SMILES string of the molecule is CN(CC1CCCO1)C(=O)Cc1ccc(C(=O)O)cc1. The van der Waals surface area contributed by atoms with Crippen molar-refractivity contribution in [3.63, 3.8) is 0 Å². The Hall–Kier alpha value is -1.88. The minimum absolute atomic E-state index is 0.0172. The highest BCUT2D eigenvalue weighted by molar-refractivity contribution is 5.87. The number of benzene rings is 1. The van der Waals surface area contributed by atoms with Gasteiger partial charge in [-0.05, 0) is 30.5 Å². The quantitative estimate of drug-likeness (QED) is 0.887. The number of carboxylic acid groups (broad SMARTS) is 1. The van der Waals surface area contributed by atoms with Crippen LogP contribution in [0.4, 0.5) is 0 Å². The summed E-state index contributed by atoms with van der Waals surface area (Å²) < 4.78 is 5.51. The smallest absolute Gasteiger partial charge is 0.335 e. The van der Waals surface area contributed by atoms with E-state index in [0.29, 0.717) is 6.54 Å². The maximum Gasteiger partial charge on any atom is 0.335 e.